The van der Waals surface area contributed by atoms with Crippen LogP contribution in [0.5, 0.6) is 0 Å². The lowest BCUT2D eigenvalue weighted by Crippen LogP contribution is -2.60. The summed E-state index contributed by atoms with van der Waals surface area (Å²) in [6.45, 7) is 14.0. The van der Waals surface area contributed by atoms with E-state index in [1.165, 1.54) is 19.3 Å². The van der Waals surface area contributed by atoms with Gasteiger partial charge in [0.1, 0.15) is 0 Å². The van der Waals surface area contributed by atoms with Crippen LogP contribution in [0.2, 0.25) is 0 Å². The van der Waals surface area contributed by atoms with Crippen LogP contribution in [0.1, 0.15) is 60.8 Å². The molecule has 0 heterocycles. The second kappa shape index (κ2) is 10.6. The molecule has 0 aliphatic carbocycles. The molecule has 0 fully saturated rings. The number of rotatable bonds is 8. The Morgan fingerprint density at radius 1 is 0.955 bits per heavy atom. The number of likely N-dealkylation sites (N-methyl/N-ethyl adjacent to an activating group) is 2. The Kier molecular flexibility index (Phi) is 11.6. The summed E-state index contributed by atoms with van der Waals surface area (Å²) in [6, 6.07) is 0.653. The Hall–Kier alpha value is -0.160. The topological polar surface area (TPSA) is 58.5 Å². The van der Waals surface area contributed by atoms with E-state index in [0.717, 1.165) is 6.54 Å². The number of nitrogens with zero attached hydrogens (tertiary/aromatic N) is 2. The first-order valence-electron chi connectivity index (χ1n) is 8.66. The summed E-state index contributed by atoms with van der Waals surface area (Å²) < 4.78 is 0. The standard InChI is InChI=1S/C11H26N2.C7H18N2/c1-6-7-8-9(2)10(3,4)11(5,12)13;1-7(9(4)5)6-8(2)3/h9H,6-8,12-13H2,1-5H3;7H,6H2,1-5H3. The Labute approximate surface area is 140 Å². The van der Waals surface area contributed by atoms with Crippen molar-refractivity contribution in [1.82, 2.24) is 9.80 Å². The Bertz CT molecular complexity index is 267. The van der Waals surface area contributed by atoms with Gasteiger partial charge in [0.05, 0.1) is 5.66 Å². The molecule has 0 bridgehead atoms. The second-order valence-electron chi connectivity index (χ2n) is 8.12. The van der Waals surface area contributed by atoms with E-state index in [-0.39, 0.29) is 5.41 Å². The molecule has 4 nitrogen and oxygen atoms in total. The minimum Gasteiger partial charge on any atom is -0.313 e. The summed E-state index contributed by atoms with van der Waals surface area (Å²) in [6.07, 6.45) is 3.72. The van der Waals surface area contributed by atoms with Crippen molar-refractivity contribution in [2.75, 3.05) is 34.7 Å². The highest BCUT2D eigenvalue weighted by atomic mass is 15.2. The molecule has 0 aliphatic rings. The zero-order valence-electron chi connectivity index (χ0n) is 17.0. The van der Waals surface area contributed by atoms with Gasteiger partial charge in [0.15, 0.2) is 0 Å². The van der Waals surface area contributed by atoms with Gasteiger partial charge in [-0.2, -0.15) is 0 Å². The summed E-state index contributed by atoms with van der Waals surface area (Å²) in [4.78, 5) is 4.42. The third-order valence-electron chi connectivity index (χ3n) is 5.12. The molecule has 136 valence electrons. The predicted octanol–water partition coefficient (Wildman–Crippen LogP) is 2.97. The maximum atomic E-state index is 5.96. The highest BCUT2D eigenvalue weighted by Gasteiger charge is 2.38. The molecule has 0 saturated carbocycles. The first-order valence-corrected chi connectivity index (χ1v) is 8.66. The van der Waals surface area contributed by atoms with Gasteiger partial charge in [0.2, 0.25) is 0 Å². The molecule has 22 heavy (non-hydrogen) atoms. The van der Waals surface area contributed by atoms with Gasteiger partial charge >= 0.3 is 0 Å². The minimum atomic E-state index is -0.583. The molecule has 0 aliphatic heterocycles. The lowest BCUT2D eigenvalue weighted by atomic mass is 9.69. The molecule has 0 radical (unpaired) electrons. The van der Waals surface area contributed by atoms with Crippen LogP contribution in [0.15, 0.2) is 0 Å². The maximum Gasteiger partial charge on any atom is 0.0662 e. The van der Waals surface area contributed by atoms with Gasteiger partial charge in [-0.05, 0) is 53.4 Å². The summed E-state index contributed by atoms with van der Waals surface area (Å²) in [5, 5.41) is 0. The van der Waals surface area contributed by atoms with Crippen LogP contribution < -0.4 is 11.5 Å². The fraction of sp³-hybridized carbons (Fsp3) is 1.00. The lowest BCUT2D eigenvalue weighted by molar-refractivity contribution is 0.102. The zero-order valence-corrected chi connectivity index (χ0v) is 17.0. The summed E-state index contributed by atoms with van der Waals surface area (Å²) in [5.74, 6) is 0.576. The van der Waals surface area contributed by atoms with Crippen LogP contribution in [0, 0.1) is 11.3 Å². The van der Waals surface area contributed by atoms with E-state index in [1.54, 1.807) is 0 Å². The van der Waals surface area contributed by atoms with E-state index in [0.29, 0.717) is 12.0 Å². The van der Waals surface area contributed by atoms with Crippen molar-refractivity contribution >= 4 is 0 Å². The molecule has 0 amide bonds. The molecule has 0 rings (SSSR count). The van der Waals surface area contributed by atoms with Gasteiger partial charge in [-0.1, -0.05) is 47.0 Å². The fourth-order valence-corrected chi connectivity index (χ4v) is 2.09. The van der Waals surface area contributed by atoms with E-state index in [9.17, 15) is 0 Å². The third-order valence-corrected chi connectivity index (χ3v) is 5.12. The van der Waals surface area contributed by atoms with Crippen molar-refractivity contribution in [3.05, 3.63) is 0 Å². The molecular formula is C18H44N4. The molecule has 0 saturated heterocycles. The molecular weight excluding hydrogens is 272 g/mol. The Morgan fingerprint density at radius 3 is 1.64 bits per heavy atom. The SMILES string of the molecule is CC(CN(C)C)N(C)C.CCCCC(C)C(C)(C)C(C)(N)N. The van der Waals surface area contributed by atoms with Crippen molar-refractivity contribution in [1.29, 1.82) is 0 Å². The van der Waals surface area contributed by atoms with Gasteiger partial charge < -0.3 is 21.3 Å². The summed E-state index contributed by atoms with van der Waals surface area (Å²) in [5.41, 5.74) is 11.3. The van der Waals surface area contributed by atoms with Gasteiger partial charge in [-0.15, -0.1) is 0 Å². The average molecular weight is 317 g/mol. The molecule has 0 aromatic heterocycles. The number of nitrogens with two attached hydrogens (primary N) is 2. The highest BCUT2D eigenvalue weighted by Crippen LogP contribution is 2.36. The number of unbranched alkanes of at least 4 members (excludes halogenated alkanes) is 1. The largest absolute Gasteiger partial charge is 0.313 e. The van der Waals surface area contributed by atoms with Crippen LogP contribution >= 0.6 is 0 Å². The number of hydrogen-bond donors (Lipinski definition) is 2. The van der Waals surface area contributed by atoms with Crippen LogP contribution in [-0.2, 0) is 0 Å². The molecule has 0 spiro atoms. The van der Waals surface area contributed by atoms with Crippen LogP contribution in [0.3, 0.4) is 0 Å². The van der Waals surface area contributed by atoms with E-state index >= 15 is 0 Å². The third kappa shape index (κ3) is 9.78. The first kappa shape index (κ1) is 24.1. The molecule has 4 heteroatoms. The Balaban J connectivity index is 0. The maximum absolute atomic E-state index is 5.96. The molecule has 2 unspecified atom stereocenters. The van der Waals surface area contributed by atoms with Crippen LogP contribution in [0.4, 0.5) is 0 Å². The normalized spacial score (nSPS) is 15.5. The molecule has 0 aromatic rings. The van der Waals surface area contributed by atoms with E-state index in [4.69, 9.17) is 11.5 Å². The smallest absolute Gasteiger partial charge is 0.0662 e. The van der Waals surface area contributed by atoms with Crippen molar-refractivity contribution < 1.29 is 0 Å². The quantitative estimate of drug-likeness (QED) is 0.676. The van der Waals surface area contributed by atoms with Gasteiger partial charge in [0, 0.05) is 12.6 Å². The van der Waals surface area contributed by atoms with E-state index < -0.39 is 5.66 Å². The van der Waals surface area contributed by atoms with Gasteiger partial charge in [0.25, 0.3) is 0 Å². The highest BCUT2D eigenvalue weighted by molar-refractivity contribution is 4.92. The first-order chi connectivity index (χ1) is 9.77. The van der Waals surface area contributed by atoms with Crippen molar-refractivity contribution in [3.8, 4) is 0 Å². The van der Waals surface area contributed by atoms with Crippen molar-refractivity contribution in [2.45, 2.75) is 72.5 Å². The van der Waals surface area contributed by atoms with Gasteiger partial charge in [-0.25, -0.2) is 0 Å². The van der Waals surface area contributed by atoms with Crippen molar-refractivity contribution in [2.24, 2.45) is 22.8 Å². The van der Waals surface area contributed by atoms with E-state index in [2.05, 4.69) is 72.6 Å². The monoisotopic (exact) mass is 316 g/mol. The van der Waals surface area contributed by atoms with Gasteiger partial charge in [-0.3, -0.25) is 0 Å². The van der Waals surface area contributed by atoms with Crippen LogP contribution in [0.25, 0.3) is 0 Å². The van der Waals surface area contributed by atoms with Crippen molar-refractivity contribution in [3.63, 3.8) is 0 Å². The minimum absolute atomic E-state index is 0.00215. The lowest BCUT2D eigenvalue weighted by Gasteiger charge is -2.43. The molecule has 2 atom stereocenters. The summed E-state index contributed by atoms with van der Waals surface area (Å²) >= 11 is 0. The molecule has 0 aromatic carbocycles. The van der Waals surface area contributed by atoms with E-state index in [1.807, 2.05) is 6.92 Å². The predicted molar refractivity (Wildman–Crippen MR) is 101 cm³/mol. The summed E-state index contributed by atoms with van der Waals surface area (Å²) in [7, 11) is 8.41. The zero-order chi connectivity index (χ0) is 18.1. The number of hydrogen-bond acceptors (Lipinski definition) is 4. The average Bonchev–Trinajstić information content (AvgIpc) is 2.34. The second-order valence-corrected chi connectivity index (χ2v) is 8.12. The fourth-order valence-electron chi connectivity index (χ4n) is 2.09. The Morgan fingerprint density at radius 2 is 1.41 bits per heavy atom. The van der Waals surface area contributed by atoms with Crippen LogP contribution in [-0.4, -0.2) is 56.2 Å². The molecule has 4 N–H and O–H groups in total.